The zero-order chi connectivity index (χ0) is 9.71. The van der Waals surface area contributed by atoms with Crippen molar-refractivity contribution < 1.29 is 4.79 Å². The molecule has 1 aliphatic heterocycles. The second-order valence-corrected chi connectivity index (χ2v) is 5.25. The van der Waals surface area contributed by atoms with Crippen LogP contribution in [0.3, 0.4) is 0 Å². The van der Waals surface area contributed by atoms with Gasteiger partial charge in [0.1, 0.15) is 0 Å². The summed E-state index contributed by atoms with van der Waals surface area (Å²) >= 11 is 0. The smallest absolute Gasteiger partial charge is 0.224 e. The fraction of sp³-hybridized carbons (Fsp3) is 0.909. The van der Waals surface area contributed by atoms with Crippen LogP contribution < -0.4 is 5.73 Å². The molecule has 1 amide bonds. The zero-order valence-electron chi connectivity index (χ0n) is 8.48. The van der Waals surface area contributed by atoms with Gasteiger partial charge in [0.15, 0.2) is 0 Å². The normalized spacial score (nSPS) is 46.6. The Kier molecular flexibility index (Phi) is 1.84. The molecule has 2 aliphatic carbocycles. The summed E-state index contributed by atoms with van der Waals surface area (Å²) in [5.41, 5.74) is 5.82. The topological polar surface area (TPSA) is 46.3 Å². The van der Waals surface area contributed by atoms with Crippen LogP contribution in [-0.2, 0) is 4.79 Å². The third-order valence-corrected chi connectivity index (χ3v) is 4.29. The molecular formula is C11H18N2O. The van der Waals surface area contributed by atoms with Crippen LogP contribution >= 0.6 is 0 Å². The molecular weight excluding hydrogens is 176 g/mol. The highest BCUT2D eigenvalue weighted by Gasteiger charge is 2.45. The van der Waals surface area contributed by atoms with E-state index in [9.17, 15) is 4.79 Å². The van der Waals surface area contributed by atoms with Crippen LogP contribution in [-0.4, -0.2) is 29.4 Å². The molecule has 0 aromatic rings. The quantitative estimate of drug-likeness (QED) is 0.669. The number of nitrogens with two attached hydrogens (primary N) is 1. The Hall–Kier alpha value is -0.570. The van der Waals surface area contributed by atoms with Gasteiger partial charge in [-0.3, -0.25) is 4.79 Å². The summed E-state index contributed by atoms with van der Waals surface area (Å²) in [5, 5.41) is 0. The van der Waals surface area contributed by atoms with Crippen molar-refractivity contribution in [3.63, 3.8) is 0 Å². The number of hydrogen-bond donors (Lipinski definition) is 1. The third-order valence-electron chi connectivity index (χ3n) is 4.29. The molecule has 2 bridgehead atoms. The van der Waals surface area contributed by atoms with Crippen molar-refractivity contribution >= 4 is 5.91 Å². The number of carbonyl (C=O) groups is 1. The molecule has 4 unspecified atom stereocenters. The average Bonchev–Trinajstić information content (AvgIpc) is 2.79. The van der Waals surface area contributed by atoms with Crippen LogP contribution in [0.1, 0.15) is 32.1 Å². The summed E-state index contributed by atoms with van der Waals surface area (Å²) in [4.78, 5) is 13.8. The van der Waals surface area contributed by atoms with Gasteiger partial charge in [-0.15, -0.1) is 0 Å². The summed E-state index contributed by atoms with van der Waals surface area (Å²) in [6.45, 7) is 0.812. The molecule has 0 radical (unpaired) electrons. The Balaban J connectivity index is 1.74. The Morgan fingerprint density at radius 1 is 1.29 bits per heavy atom. The molecule has 14 heavy (non-hydrogen) atoms. The van der Waals surface area contributed by atoms with Crippen molar-refractivity contribution in [3.8, 4) is 0 Å². The van der Waals surface area contributed by atoms with Gasteiger partial charge in [0.2, 0.25) is 5.91 Å². The summed E-state index contributed by atoms with van der Waals surface area (Å²) in [6, 6.07) is 0.649. The minimum Gasteiger partial charge on any atom is -0.338 e. The highest BCUT2D eigenvalue weighted by Crippen LogP contribution is 2.47. The summed E-state index contributed by atoms with van der Waals surface area (Å²) in [5.74, 6) is 2.01. The van der Waals surface area contributed by atoms with Gasteiger partial charge in [0.25, 0.3) is 0 Å². The highest BCUT2D eigenvalue weighted by molar-refractivity contribution is 5.79. The maximum absolute atomic E-state index is 11.7. The molecule has 2 N–H and O–H groups in total. The van der Waals surface area contributed by atoms with Gasteiger partial charge in [0, 0.05) is 25.0 Å². The summed E-state index contributed by atoms with van der Waals surface area (Å²) in [6.07, 6.45) is 5.93. The first-order chi connectivity index (χ1) is 6.74. The van der Waals surface area contributed by atoms with Gasteiger partial charge in [-0.1, -0.05) is 6.42 Å². The molecule has 0 aromatic carbocycles. The van der Waals surface area contributed by atoms with Crippen LogP contribution in [0.5, 0.6) is 0 Å². The van der Waals surface area contributed by atoms with E-state index in [1.165, 1.54) is 25.7 Å². The van der Waals surface area contributed by atoms with E-state index in [-0.39, 0.29) is 6.04 Å². The van der Waals surface area contributed by atoms with Crippen molar-refractivity contribution in [1.82, 2.24) is 4.90 Å². The van der Waals surface area contributed by atoms with Gasteiger partial charge in [-0.25, -0.2) is 0 Å². The number of rotatable bonds is 1. The molecule has 3 nitrogen and oxygen atoms in total. The van der Waals surface area contributed by atoms with Crippen LogP contribution in [0.2, 0.25) is 0 Å². The van der Waals surface area contributed by atoms with Crippen LogP contribution in [0, 0.1) is 11.8 Å². The van der Waals surface area contributed by atoms with Gasteiger partial charge in [-0.05, 0) is 31.1 Å². The van der Waals surface area contributed by atoms with E-state index in [4.69, 9.17) is 5.73 Å². The van der Waals surface area contributed by atoms with E-state index >= 15 is 0 Å². The molecule has 1 saturated heterocycles. The fourth-order valence-electron chi connectivity index (χ4n) is 3.67. The minimum absolute atomic E-state index is 0.0987. The SMILES string of the molecule is NC1CC(=O)N(C2CC3CCC2C3)C1. The maximum atomic E-state index is 11.7. The Morgan fingerprint density at radius 3 is 2.64 bits per heavy atom. The number of likely N-dealkylation sites (tertiary alicyclic amines) is 1. The largest absolute Gasteiger partial charge is 0.338 e. The number of carbonyl (C=O) groups excluding carboxylic acids is 1. The summed E-state index contributed by atoms with van der Waals surface area (Å²) < 4.78 is 0. The lowest BCUT2D eigenvalue weighted by Gasteiger charge is -2.31. The van der Waals surface area contributed by atoms with E-state index in [2.05, 4.69) is 4.90 Å². The average molecular weight is 194 g/mol. The van der Waals surface area contributed by atoms with E-state index in [1.54, 1.807) is 0 Å². The van der Waals surface area contributed by atoms with Crippen molar-refractivity contribution in [2.45, 2.75) is 44.2 Å². The predicted octanol–water partition coefficient (Wildman–Crippen LogP) is 0.735. The van der Waals surface area contributed by atoms with Crippen LogP contribution in [0.25, 0.3) is 0 Å². The molecule has 0 aromatic heterocycles. The Morgan fingerprint density at radius 2 is 2.14 bits per heavy atom. The number of amides is 1. The van der Waals surface area contributed by atoms with E-state index in [0.29, 0.717) is 18.4 Å². The second-order valence-electron chi connectivity index (χ2n) is 5.25. The maximum Gasteiger partial charge on any atom is 0.224 e. The van der Waals surface area contributed by atoms with E-state index < -0.39 is 0 Å². The molecule has 3 heteroatoms. The number of fused-ring (bicyclic) bond motifs is 2. The van der Waals surface area contributed by atoms with Gasteiger partial charge >= 0.3 is 0 Å². The number of hydrogen-bond acceptors (Lipinski definition) is 2. The molecule has 0 spiro atoms. The fourth-order valence-corrected chi connectivity index (χ4v) is 3.67. The summed E-state index contributed by atoms with van der Waals surface area (Å²) in [7, 11) is 0. The first-order valence-corrected chi connectivity index (χ1v) is 5.79. The highest BCUT2D eigenvalue weighted by atomic mass is 16.2. The van der Waals surface area contributed by atoms with E-state index in [1.807, 2.05) is 0 Å². The molecule has 3 aliphatic rings. The van der Waals surface area contributed by atoms with Crippen molar-refractivity contribution in [2.24, 2.45) is 17.6 Å². The Labute approximate surface area is 84.6 Å². The first kappa shape index (κ1) is 8.72. The molecule has 78 valence electrons. The lowest BCUT2D eigenvalue weighted by Crippen LogP contribution is -2.41. The van der Waals surface area contributed by atoms with Crippen molar-refractivity contribution in [3.05, 3.63) is 0 Å². The monoisotopic (exact) mass is 194 g/mol. The van der Waals surface area contributed by atoms with Gasteiger partial charge in [0.05, 0.1) is 0 Å². The zero-order valence-corrected chi connectivity index (χ0v) is 8.48. The first-order valence-electron chi connectivity index (χ1n) is 5.79. The molecule has 1 heterocycles. The standard InChI is InChI=1S/C11H18N2O/c12-9-5-11(14)13(6-9)10-4-7-1-2-8(10)3-7/h7-10H,1-6,12H2. The van der Waals surface area contributed by atoms with Crippen molar-refractivity contribution in [2.75, 3.05) is 6.54 Å². The minimum atomic E-state index is 0.0987. The second kappa shape index (κ2) is 2.96. The van der Waals surface area contributed by atoms with Gasteiger partial charge < -0.3 is 10.6 Å². The lowest BCUT2D eigenvalue weighted by atomic mass is 9.94. The predicted molar refractivity (Wildman–Crippen MR) is 53.5 cm³/mol. The number of nitrogens with zero attached hydrogens (tertiary/aromatic N) is 1. The third kappa shape index (κ3) is 1.18. The van der Waals surface area contributed by atoms with E-state index in [0.717, 1.165) is 18.4 Å². The van der Waals surface area contributed by atoms with Gasteiger partial charge in [-0.2, -0.15) is 0 Å². The van der Waals surface area contributed by atoms with Crippen LogP contribution in [0.15, 0.2) is 0 Å². The molecule has 2 saturated carbocycles. The van der Waals surface area contributed by atoms with Crippen molar-refractivity contribution in [1.29, 1.82) is 0 Å². The molecule has 3 fully saturated rings. The molecule has 3 rings (SSSR count). The molecule has 4 atom stereocenters. The Bertz CT molecular complexity index is 266. The van der Waals surface area contributed by atoms with Crippen LogP contribution in [0.4, 0.5) is 0 Å². The lowest BCUT2D eigenvalue weighted by molar-refractivity contribution is -0.130.